The Morgan fingerprint density at radius 2 is 2.08 bits per heavy atom. The molecule has 1 aromatic heterocycles. The van der Waals surface area contributed by atoms with Gasteiger partial charge in [-0.2, -0.15) is 0 Å². The minimum Gasteiger partial charge on any atom is -0.348 e. The van der Waals surface area contributed by atoms with E-state index in [0.29, 0.717) is 0 Å². The van der Waals surface area contributed by atoms with Gasteiger partial charge in [-0.3, -0.25) is 0 Å². The molecule has 2 aromatic rings. The van der Waals surface area contributed by atoms with E-state index in [1.165, 1.54) is 22.2 Å². The van der Waals surface area contributed by atoms with Crippen LogP contribution in [-0.2, 0) is 7.05 Å². The standard InChI is InChI=1S/C12H13N/c1-4-10-5-6-12-11(8-10)7-9(2)13(12)3/h4-8H,1H2,2-3H3. The van der Waals surface area contributed by atoms with E-state index in [1.54, 1.807) is 0 Å². The summed E-state index contributed by atoms with van der Waals surface area (Å²) in [7, 11) is 2.09. The number of aryl methyl sites for hydroxylation is 2. The first-order valence-electron chi connectivity index (χ1n) is 4.41. The van der Waals surface area contributed by atoms with Gasteiger partial charge in [-0.05, 0) is 30.7 Å². The summed E-state index contributed by atoms with van der Waals surface area (Å²) in [6.07, 6.45) is 1.88. The van der Waals surface area contributed by atoms with Crippen LogP contribution in [0.15, 0.2) is 30.8 Å². The topological polar surface area (TPSA) is 4.93 Å². The Hall–Kier alpha value is -1.50. The number of nitrogens with zero attached hydrogens (tertiary/aromatic N) is 1. The average molecular weight is 171 g/mol. The minimum atomic E-state index is 1.18. The second-order valence-corrected chi connectivity index (χ2v) is 3.37. The lowest BCUT2D eigenvalue weighted by molar-refractivity contribution is 0.918. The lowest BCUT2D eigenvalue weighted by Crippen LogP contribution is -1.88. The van der Waals surface area contributed by atoms with Crippen molar-refractivity contribution in [1.29, 1.82) is 0 Å². The van der Waals surface area contributed by atoms with Crippen LogP contribution in [-0.4, -0.2) is 4.57 Å². The lowest BCUT2D eigenvalue weighted by Gasteiger charge is -1.98. The molecule has 1 aromatic carbocycles. The Morgan fingerprint density at radius 3 is 2.77 bits per heavy atom. The molecule has 0 unspecified atom stereocenters. The molecule has 0 amide bonds. The van der Waals surface area contributed by atoms with E-state index >= 15 is 0 Å². The van der Waals surface area contributed by atoms with Gasteiger partial charge in [0.05, 0.1) is 0 Å². The van der Waals surface area contributed by atoms with Gasteiger partial charge in [-0.15, -0.1) is 0 Å². The zero-order valence-corrected chi connectivity index (χ0v) is 8.04. The van der Waals surface area contributed by atoms with E-state index in [9.17, 15) is 0 Å². The number of hydrogen-bond acceptors (Lipinski definition) is 0. The number of fused-ring (bicyclic) bond motifs is 1. The van der Waals surface area contributed by atoms with E-state index in [-0.39, 0.29) is 0 Å². The molecule has 0 aliphatic rings. The van der Waals surface area contributed by atoms with Gasteiger partial charge in [-0.1, -0.05) is 18.7 Å². The maximum atomic E-state index is 3.76. The Kier molecular flexibility index (Phi) is 1.73. The summed E-state index contributed by atoms with van der Waals surface area (Å²) in [6, 6.07) is 8.59. The molecule has 1 nitrogen and oxygen atoms in total. The quantitative estimate of drug-likeness (QED) is 0.621. The molecule has 0 N–H and O–H groups in total. The maximum Gasteiger partial charge on any atom is 0.0480 e. The SMILES string of the molecule is C=Cc1ccc2c(c1)cc(C)n2C. The van der Waals surface area contributed by atoms with Crippen LogP contribution in [0.5, 0.6) is 0 Å². The smallest absolute Gasteiger partial charge is 0.0480 e. The molecule has 0 fully saturated rings. The molecule has 0 aliphatic heterocycles. The molecule has 0 atom stereocenters. The van der Waals surface area contributed by atoms with Crippen molar-refractivity contribution in [3.8, 4) is 0 Å². The van der Waals surface area contributed by atoms with Crippen molar-refractivity contribution in [3.05, 3.63) is 42.1 Å². The van der Waals surface area contributed by atoms with E-state index in [4.69, 9.17) is 0 Å². The van der Waals surface area contributed by atoms with Crippen molar-refractivity contribution in [2.45, 2.75) is 6.92 Å². The number of benzene rings is 1. The highest BCUT2D eigenvalue weighted by Crippen LogP contribution is 2.19. The van der Waals surface area contributed by atoms with Gasteiger partial charge < -0.3 is 4.57 Å². The third kappa shape index (κ3) is 1.17. The zero-order chi connectivity index (χ0) is 9.42. The molecule has 0 saturated carbocycles. The van der Waals surface area contributed by atoms with Crippen LogP contribution in [0.2, 0.25) is 0 Å². The zero-order valence-electron chi connectivity index (χ0n) is 8.04. The summed E-state index contributed by atoms with van der Waals surface area (Å²) in [4.78, 5) is 0. The third-order valence-electron chi connectivity index (χ3n) is 2.54. The molecule has 1 heteroatoms. The fourth-order valence-corrected chi connectivity index (χ4v) is 1.63. The van der Waals surface area contributed by atoms with E-state index in [2.05, 4.69) is 49.4 Å². The van der Waals surface area contributed by atoms with Crippen molar-refractivity contribution in [2.24, 2.45) is 7.05 Å². The highest BCUT2D eigenvalue weighted by Gasteiger charge is 2.00. The van der Waals surface area contributed by atoms with Crippen molar-refractivity contribution in [2.75, 3.05) is 0 Å². The fourth-order valence-electron chi connectivity index (χ4n) is 1.63. The van der Waals surface area contributed by atoms with Gasteiger partial charge in [0.2, 0.25) is 0 Å². The van der Waals surface area contributed by atoms with Crippen LogP contribution in [0.25, 0.3) is 17.0 Å². The van der Waals surface area contributed by atoms with Crippen molar-refractivity contribution >= 4 is 17.0 Å². The van der Waals surface area contributed by atoms with Crippen molar-refractivity contribution in [1.82, 2.24) is 4.57 Å². The minimum absolute atomic E-state index is 1.18. The van der Waals surface area contributed by atoms with Crippen molar-refractivity contribution in [3.63, 3.8) is 0 Å². The highest BCUT2D eigenvalue weighted by molar-refractivity contribution is 5.83. The van der Waals surface area contributed by atoms with E-state index in [0.717, 1.165) is 0 Å². The molecule has 0 bridgehead atoms. The molecular formula is C12H13N. The predicted octanol–water partition coefficient (Wildman–Crippen LogP) is 3.13. The molecule has 0 saturated heterocycles. The van der Waals surface area contributed by atoms with Crippen LogP contribution >= 0.6 is 0 Å². The molecular weight excluding hydrogens is 158 g/mol. The predicted molar refractivity (Wildman–Crippen MR) is 57.7 cm³/mol. The summed E-state index contributed by atoms with van der Waals surface area (Å²) < 4.78 is 2.20. The molecule has 0 spiro atoms. The number of aromatic nitrogens is 1. The molecule has 66 valence electrons. The molecule has 1 heterocycles. The van der Waals surface area contributed by atoms with Gasteiger partial charge >= 0.3 is 0 Å². The summed E-state index contributed by atoms with van der Waals surface area (Å²) >= 11 is 0. The van der Waals surface area contributed by atoms with Crippen LogP contribution in [0.4, 0.5) is 0 Å². The Balaban J connectivity index is 2.79. The van der Waals surface area contributed by atoms with Crippen molar-refractivity contribution < 1.29 is 0 Å². The first-order chi connectivity index (χ1) is 6.22. The summed E-state index contributed by atoms with van der Waals surface area (Å²) in [5.74, 6) is 0. The van der Waals surface area contributed by atoms with Gasteiger partial charge in [0, 0.05) is 23.6 Å². The number of hydrogen-bond donors (Lipinski definition) is 0. The van der Waals surface area contributed by atoms with Crippen LogP contribution in [0.3, 0.4) is 0 Å². The van der Waals surface area contributed by atoms with Crippen LogP contribution in [0, 0.1) is 6.92 Å². The lowest BCUT2D eigenvalue weighted by atomic mass is 10.1. The van der Waals surface area contributed by atoms with Crippen LogP contribution < -0.4 is 0 Å². The van der Waals surface area contributed by atoms with E-state index < -0.39 is 0 Å². The first kappa shape index (κ1) is 8.11. The Bertz CT molecular complexity index is 463. The van der Waals surface area contributed by atoms with E-state index in [1.807, 2.05) is 6.08 Å². The molecule has 2 rings (SSSR count). The fraction of sp³-hybridized carbons (Fsp3) is 0.167. The summed E-state index contributed by atoms with van der Waals surface area (Å²) in [6.45, 7) is 5.88. The maximum absolute atomic E-state index is 3.76. The Morgan fingerprint density at radius 1 is 1.31 bits per heavy atom. The average Bonchev–Trinajstić information content (AvgIpc) is 2.42. The Labute approximate surface area is 78.3 Å². The third-order valence-corrected chi connectivity index (χ3v) is 2.54. The largest absolute Gasteiger partial charge is 0.348 e. The normalized spacial score (nSPS) is 10.6. The second kappa shape index (κ2) is 2.77. The summed E-state index contributed by atoms with van der Waals surface area (Å²) in [5, 5.41) is 1.29. The first-order valence-corrected chi connectivity index (χ1v) is 4.41. The molecule has 0 aliphatic carbocycles. The van der Waals surface area contributed by atoms with Gasteiger partial charge in [0.15, 0.2) is 0 Å². The van der Waals surface area contributed by atoms with Gasteiger partial charge in [0.25, 0.3) is 0 Å². The molecule has 0 radical (unpaired) electrons. The van der Waals surface area contributed by atoms with Gasteiger partial charge in [-0.25, -0.2) is 0 Å². The number of rotatable bonds is 1. The molecule has 13 heavy (non-hydrogen) atoms. The summed E-state index contributed by atoms with van der Waals surface area (Å²) in [5.41, 5.74) is 3.75. The highest BCUT2D eigenvalue weighted by atomic mass is 14.9. The van der Waals surface area contributed by atoms with Gasteiger partial charge in [0.1, 0.15) is 0 Å². The monoisotopic (exact) mass is 171 g/mol. The second-order valence-electron chi connectivity index (χ2n) is 3.37. The van der Waals surface area contributed by atoms with Crippen LogP contribution in [0.1, 0.15) is 11.3 Å².